The van der Waals surface area contributed by atoms with Crippen LogP contribution in [0, 0.1) is 17.2 Å². The minimum absolute atomic E-state index is 0.219. The maximum atomic E-state index is 12.0. The largest absolute Gasteiger partial charge is 0.449 e. The topological polar surface area (TPSA) is 78.5 Å². The van der Waals surface area contributed by atoms with E-state index in [0.717, 1.165) is 38.2 Å². The molecule has 0 aromatic carbocycles. The number of nitrogens with zero attached hydrogens (tertiary/aromatic N) is 2. The Morgan fingerprint density at radius 3 is 2.70 bits per heavy atom. The first-order chi connectivity index (χ1) is 10.9. The van der Waals surface area contributed by atoms with Crippen LogP contribution < -0.4 is 5.32 Å². The number of hydrogen-bond donors (Lipinski definition) is 1. The molecule has 1 fully saturated rings. The Morgan fingerprint density at radius 1 is 1.43 bits per heavy atom. The third-order valence-corrected chi connectivity index (χ3v) is 3.77. The molecule has 1 aliphatic rings. The van der Waals surface area contributed by atoms with Crippen LogP contribution >= 0.6 is 0 Å². The van der Waals surface area contributed by atoms with Crippen molar-refractivity contribution in [2.45, 2.75) is 45.8 Å². The summed E-state index contributed by atoms with van der Waals surface area (Å²) in [6.45, 7) is 8.62. The number of carbonyl (C=O) groups excluding carboxylic acids is 1. The smallest absolute Gasteiger partial charge is 0.410 e. The minimum atomic E-state index is -0.444. The lowest BCUT2D eigenvalue weighted by atomic mass is 9.97. The summed E-state index contributed by atoms with van der Waals surface area (Å²) in [6.07, 6.45) is 1.71. The highest BCUT2D eigenvalue weighted by Gasteiger charge is 2.26. The van der Waals surface area contributed by atoms with Crippen LogP contribution in [0.25, 0.3) is 0 Å². The zero-order valence-corrected chi connectivity index (χ0v) is 14.1. The number of carbonyl (C=O) groups is 1. The van der Waals surface area contributed by atoms with E-state index in [-0.39, 0.29) is 6.09 Å². The Morgan fingerprint density at radius 2 is 2.13 bits per heavy atom. The van der Waals surface area contributed by atoms with E-state index in [1.807, 2.05) is 32.9 Å². The van der Waals surface area contributed by atoms with Crippen LogP contribution in [-0.4, -0.2) is 36.2 Å². The van der Waals surface area contributed by atoms with Crippen LogP contribution in [-0.2, 0) is 11.3 Å². The van der Waals surface area contributed by atoms with Crippen molar-refractivity contribution in [2.24, 2.45) is 5.92 Å². The van der Waals surface area contributed by atoms with E-state index >= 15 is 0 Å². The fraction of sp³-hybridized carbons (Fsp3) is 0.647. The van der Waals surface area contributed by atoms with E-state index < -0.39 is 5.60 Å². The third kappa shape index (κ3) is 5.61. The van der Waals surface area contributed by atoms with Crippen LogP contribution in [0.15, 0.2) is 16.5 Å². The molecule has 0 unspecified atom stereocenters. The molecule has 0 saturated carbocycles. The lowest BCUT2D eigenvalue weighted by Crippen LogP contribution is -2.43. The molecule has 6 nitrogen and oxygen atoms in total. The first-order valence-electron chi connectivity index (χ1n) is 8.05. The molecular formula is C17H25N3O3. The summed E-state index contributed by atoms with van der Waals surface area (Å²) in [5.74, 6) is 1.65. The molecule has 1 amide bonds. The lowest BCUT2D eigenvalue weighted by molar-refractivity contribution is 0.0184. The van der Waals surface area contributed by atoms with Crippen molar-refractivity contribution in [1.82, 2.24) is 10.2 Å². The van der Waals surface area contributed by atoms with Gasteiger partial charge in [0.05, 0.1) is 6.54 Å². The predicted octanol–water partition coefficient (Wildman–Crippen LogP) is 2.89. The molecule has 1 aliphatic heterocycles. The molecule has 6 heteroatoms. The molecule has 0 bridgehead atoms. The highest BCUT2D eigenvalue weighted by molar-refractivity contribution is 5.68. The average Bonchev–Trinajstić information content (AvgIpc) is 2.94. The van der Waals surface area contributed by atoms with Crippen molar-refractivity contribution >= 4 is 6.09 Å². The molecule has 2 heterocycles. The van der Waals surface area contributed by atoms with E-state index in [2.05, 4.69) is 5.32 Å². The second-order valence-electron chi connectivity index (χ2n) is 6.92. The van der Waals surface area contributed by atoms with Crippen LogP contribution in [0.3, 0.4) is 0 Å². The molecule has 0 radical (unpaired) electrons. The molecule has 1 saturated heterocycles. The van der Waals surface area contributed by atoms with E-state index in [9.17, 15) is 4.79 Å². The van der Waals surface area contributed by atoms with E-state index in [1.165, 1.54) is 0 Å². The zero-order valence-electron chi connectivity index (χ0n) is 14.1. The van der Waals surface area contributed by atoms with Gasteiger partial charge in [-0.05, 0) is 58.2 Å². The van der Waals surface area contributed by atoms with Crippen molar-refractivity contribution in [2.75, 3.05) is 19.6 Å². The summed E-state index contributed by atoms with van der Waals surface area (Å²) in [6, 6.07) is 5.47. The second kappa shape index (κ2) is 7.51. The number of nitrogens with one attached hydrogen (secondary N) is 1. The average molecular weight is 319 g/mol. The van der Waals surface area contributed by atoms with Gasteiger partial charge in [0, 0.05) is 13.1 Å². The van der Waals surface area contributed by atoms with Gasteiger partial charge in [0.15, 0.2) is 0 Å². The Labute approximate surface area is 137 Å². The molecular weight excluding hydrogens is 294 g/mol. The molecule has 0 atom stereocenters. The van der Waals surface area contributed by atoms with Crippen LogP contribution in [0.5, 0.6) is 0 Å². The third-order valence-electron chi connectivity index (χ3n) is 3.77. The number of rotatable bonds is 4. The van der Waals surface area contributed by atoms with Gasteiger partial charge < -0.3 is 19.4 Å². The van der Waals surface area contributed by atoms with Crippen molar-refractivity contribution in [3.05, 3.63) is 23.7 Å². The molecule has 1 aromatic heterocycles. The zero-order chi connectivity index (χ0) is 16.9. The van der Waals surface area contributed by atoms with Gasteiger partial charge in [-0.2, -0.15) is 5.26 Å². The van der Waals surface area contributed by atoms with Crippen LogP contribution in [0.4, 0.5) is 4.79 Å². The molecule has 0 spiro atoms. The molecule has 1 aromatic rings. The van der Waals surface area contributed by atoms with Crippen LogP contribution in [0.1, 0.15) is 45.1 Å². The number of nitriles is 1. The molecule has 1 N–H and O–H groups in total. The Hall–Kier alpha value is -2.00. The standard InChI is InChI=1S/C17H25N3O3/c1-17(2,3)23-16(21)20-8-6-13(7-9-20)11-19-12-15-5-4-14(10-18)22-15/h4-5,13,19H,6-9,11-12H2,1-3H3. The number of likely N-dealkylation sites (tertiary alicyclic amines) is 1. The summed E-state index contributed by atoms with van der Waals surface area (Å²) in [5, 5.41) is 12.1. The minimum Gasteiger partial charge on any atom is -0.449 e. The van der Waals surface area contributed by atoms with Gasteiger partial charge in [0.1, 0.15) is 17.4 Å². The molecule has 126 valence electrons. The number of furan rings is 1. The summed E-state index contributed by atoms with van der Waals surface area (Å²) in [5.41, 5.74) is -0.444. The van der Waals surface area contributed by atoms with Gasteiger partial charge >= 0.3 is 6.09 Å². The van der Waals surface area contributed by atoms with E-state index in [4.69, 9.17) is 14.4 Å². The maximum Gasteiger partial charge on any atom is 0.410 e. The highest BCUT2D eigenvalue weighted by Crippen LogP contribution is 2.19. The van der Waals surface area contributed by atoms with Crippen molar-refractivity contribution < 1.29 is 13.9 Å². The van der Waals surface area contributed by atoms with Gasteiger partial charge in [-0.25, -0.2) is 4.79 Å². The number of hydrogen-bond acceptors (Lipinski definition) is 5. The number of ether oxygens (including phenoxy) is 1. The van der Waals surface area contributed by atoms with Gasteiger partial charge in [-0.3, -0.25) is 0 Å². The quantitative estimate of drug-likeness (QED) is 0.923. The lowest BCUT2D eigenvalue weighted by Gasteiger charge is -2.33. The second-order valence-corrected chi connectivity index (χ2v) is 6.92. The summed E-state index contributed by atoms with van der Waals surface area (Å²) in [7, 11) is 0. The Bertz CT molecular complexity index is 560. The highest BCUT2D eigenvalue weighted by atomic mass is 16.6. The van der Waals surface area contributed by atoms with Crippen LogP contribution in [0.2, 0.25) is 0 Å². The monoisotopic (exact) mass is 319 g/mol. The first-order valence-corrected chi connectivity index (χ1v) is 8.05. The molecule has 2 rings (SSSR count). The molecule has 23 heavy (non-hydrogen) atoms. The number of piperidine rings is 1. The normalized spacial score (nSPS) is 16.2. The SMILES string of the molecule is CC(C)(C)OC(=O)N1CCC(CNCc2ccc(C#N)o2)CC1. The fourth-order valence-corrected chi connectivity index (χ4v) is 2.58. The van der Waals surface area contributed by atoms with Gasteiger partial charge in [0.2, 0.25) is 5.76 Å². The van der Waals surface area contributed by atoms with Crippen molar-refractivity contribution in [1.29, 1.82) is 5.26 Å². The molecule has 0 aliphatic carbocycles. The van der Waals surface area contributed by atoms with Gasteiger partial charge in [0.25, 0.3) is 0 Å². The first kappa shape index (κ1) is 17.4. The van der Waals surface area contributed by atoms with Gasteiger partial charge in [-0.1, -0.05) is 0 Å². The Balaban J connectivity index is 1.67. The van der Waals surface area contributed by atoms with E-state index in [1.54, 1.807) is 11.0 Å². The van der Waals surface area contributed by atoms with E-state index in [0.29, 0.717) is 18.2 Å². The summed E-state index contributed by atoms with van der Waals surface area (Å²) in [4.78, 5) is 13.8. The summed E-state index contributed by atoms with van der Waals surface area (Å²) < 4.78 is 10.7. The predicted molar refractivity (Wildman–Crippen MR) is 85.7 cm³/mol. The summed E-state index contributed by atoms with van der Waals surface area (Å²) >= 11 is 0. The van der Waals surface area contributed by atoms with Crippen molar-refractivity contribution in [3.63, 3.8) is 0 Å². The fourth-order valence-electron chi connectivity index (χ4n) is 2.58. The number of amides is 1. The van der Waals surface area contributed by atoms with Gasteiger partial charge in [-0.15, -0.1) is 0 Å². The van der Waals surface area contributed by atoms with Crippen molar-refractivity contribution in [3.8, 4) is 6.07 Å². The Kier molecular flexibility index (Phi) is 5.67. The maximum absolute atomic E-state index is 12.0.